The highest BCUT2D eigenvalue weighted by molar-refractivity contribution is 8.13. The third-order valence-corrected chi connectivity index (χ3v) is 21.1. The molecule has 0 aromatic heterocycles. The van der Waals surface area contributed by atoms with Crippen LogP contribution in [0.15, 0.2) is 0 Å². The Kier molecular flexibility index (Phi) is 63.6. The second kappa shape index (κ2) is 66.0. The molecule has 0 aromatic rings. The summed E-state index contributed by atoms with van der Waals surface area (Å²) in [5.41, 5.74) is 0. The quantitative estimate of drug-likeness (QED) is 0.0318. The van der Waals surface area contributed by atoms with Crippen LogP contribution < -0.4 is 10.6 Å². The Morgan fingerprint density at radius 3 is 0.769 bits per heavy atom. The van der Waals surface area contributed by atoms with Crippen LogP contribution in [0, 0.1) is 0 Å². The van der Waals surface area contributed by atoms with E-state index in [1.807, 2.05) is 4.90 Å². The minimum Gasteiger partial charge on any atom is -0.392 e. The van der Waals surface area contributed by atoms with Gasteiger partial charge in [-0.15, -0.1) is 0 Å². The Bertz CT molecular complexity index is 1560. The maximum absolute atomic E-state index is 13.4. The van der Waals surface area contributed by atoms with E-state index >= 15 is 0 Å². The average Bonchev–Trinajstić information content (AvgIpc) is 1.81. The van der Waals surface area contributed by atoms with Crippen molar-refractivity contribution >= 4 is 45.6 Å². The fourth-order valence-electron chi connectivity index (χ4n) is 13.1. The maximum atomic E-state index is 13.4. The average molecular weight is 1320 g/mol. The van der Waals surface area contributed by atoms with Gasteiger partial charge in [-0.1, -0.05) is 359 Å². The molecule has 6 atom stereocenters. The summed E-state index contributed by atoms with van der Waals surface area (Å²) in [7, 11) is 0. The van der Waals surface area contributed by atoms with E-state index in [0.29, 0.717) is 58.5 Å². The predicted molar refractivity (Wildman–Crippen MR) is 392 cm³/mol. The molecule has 0 aliphatic carbocycles. The molecule has 538 valence electrons. The van der Waals surface area contributed by atoms with Crippen LogP contribution in [-0.2, 0) is 19.2 Å². The van der Waals surface area contributed by atoms with E-state index in [9.17, 15) is 39.6 Å². The number of aliphatic hydroxyl groups is 4. The fraction of sp³-hybridized carbons (Fsp3) is 0.948. The van der Waals surface area contributed by atoms with E-state index in [1.54, 1.807) is 0 Å². The lowest BCUT2D eigenvalue weighted by atomic mass is 10.0. The number of aliphatic hydroxyl groups excluding tert-OH is 4. The van der Waals surface area contributed by atoms with Crippen LogP contribution in [0.2, 0.25) is 0 Å². The van der Waals surface area contributed by atoms with Crippen LogP contribution in [-0.4, -0.2) is 140 Å². The van der Waals surface area contributed by atoms with Crippen LogP contribution in [0.4, 0.5) is 0 Å². The number of unbranched alkanes of at least 4 members (excludes halogenated alkanes) is 44. The van der Waals surface area contributed by atoms with Crippen molar-refractivity contribution in [2.45, 2.75) is 417 Å². The molecule has 0 radical (unpaired) electrons. The van der Waals surface area contributed by atoms with Gasteiger partial charge in [-0.2, -0.15) is 0 Å². The molecule has 1 heterocycles. The first-order valence-corrected chi connectivity index (χ1v) is 41.5. The number of nitrogens with zero attached hydrogens (tertiary/aromatic N) is 2. The van der Waals surface area contributed by atoms with Gasteiger partial charge in [0.15, 0.2) is 10.2 Å². The number of carbonyl (C=O) groups excluding carboxylic acids is 4. The molecule has 2 amide bonds. The van der Waals surface area contributed by atoms with Gasteiger partial charge in [0.1, 0.15) is 12.1 Å². The molecule has 1 fully saturated rings. The SMILES string of the molecule is CCCCCCCCCCCCCCC(O)CN(CCCC(=O)SCC1NC(=O)C(CSC(=O)CCN(CC(O)CCCCCCCCCCCCCC)CC(O)CCCCCCCCCCCCCC)NC1=O)CC(O)CCCCCCCCCCCCCC. The third kappa shape index (κ3) is 57.5. The number of rotatable bonds is 71. The summed E-state index contributed by atoms with van der Waals surface area (Å²) in [4.78, 5) is 57.4. The van der Waals surface area contributed by atoms with Gasteiger partial charge in [-0.25, -0.2) is 0 Å². The lowest BCUT2D eigenvalue weighted by Crippen LogP contribution is -2.63. The number of amides is 2. The molecule has 1 rings (SSSR count). The molecule has 1 aliphatic rings. The summed E-state index contributed by atoms with van der Waals surface area (Å²) in [5, 5.41) is 50.1. The normalized spacial score (nSPS) is 15.8. The zero-order valence-corrected chi connectivity index (χ0v) is 61.8. The second-order valence-corrected chi connectivity index (χ2v) is 30.3. The summed E-state index contributed by atoms with van der Waals surface area (Å²) in [6.45, 7) is 11.8. The molecule has 0 aromatic carbocycles. The zero-order valence-electron chi connectivity index (χ0n) is 60.1. The van der Waals surface area contributed by atoms with Crippen molar-refractivity contribution in [3.8, 4) is 0 Å². The number of nitrogens with one attached hydrogen (secondary N) is 2. The van der Waals surface area contributed by atoms with Gasteiger partial charge in [0.25, 0.3) is 0 Å². The smallest absolute Gasteiger partial charge is 0.244 e. The van der Waals surface area contributed by atoms with Gasteiger partial charge in [-0.05, 0) is 38.6 Å². The highest BCUT2D eigenvalue weighted by Crippen LogP contribution is 2.21. The molecule has 1 aliphatic heterocycles. The monoisotopic (exact) mass is 1320 g/mol. The van der Waals surface area contributed by atoms with Crippen molar-refractivity contribution in [1.82, 2.24) is 20.4 Å². The Morgan fingerprint density at radius 2 is 0.527 bits per heavy atom. The zero-order chi connectivity index (χ0) is 66.3. The van der Waals surface area contributed by atoms with Crippen molar-refractivity contribution in [3.05, 3.63) is 0 Å². The Labute approximate surface area is 570 Å². The summed E-state index contributed by atoms with van der Waals surface area (Å²) in [6.07, 6.45) is 62.7. The molecular weight excluding hydrogens is 1170 g/mol. The first-order chi connectivity index (χ1) is 44.4. The molecule has 6 unspecified atom stereocenters. The molecule has 0 saturated carbocycles. The summed E-state index contributed by atoms with van der Waals surface area (Å²) >= 11 is 2.07. The fourth-order valence-corrected chi connectivity index (χ4v) is 14.8. The Hall–Kier alpha value is -1.26. The maximum Gasteiger partial charge on any atom is 0.244 e. The summed E-state index contributed by atoms with van der Waals surface area (Å²) < 4.78 is 0. The van der Waals surface area contributed by atoms with Crippen LogP contribution in [0.25, 0.3) is 0 Å². The van der Waals surface area contributed by atoms with Crippen LogP contribution in [0.3, 0.4) is 0 Å². The Balaban J connectivity index is 2.63. The minimum absolute atomic E-state index is 0.0675. The lowest BCUT2D eigenvalue weighted by molar-refractivity contribution is -0.135. The van der Waals surface area contributed by atoms with E-state index < -0.39 is 36.5 Å². The second-order valence-electron chi connectivity index (χ2n) is 28.2. The first-order valence-electron chi connectivity index (χ1n) is 39.5. The highest BCUT2D eigenvalue weighted by Gasteiger charge is 2.34. The predicted octanol–water partition coefficient (Wildman–Crippen LogP) is 19.1. The minimum atomic E-state index is -0.875. The van der Waals surface area contributed by atoms with E-state index in [4.69, 9.17) is 0 Å². The standard InChI is InChI=1S/C77H150N4O8S2/c1-5-9-13-17-21-25-29-33-37-41-45-49-54-68(82)62-80(63-69(83)55-50-46-42-38-34-30-26-22-18-14-10-6-2)60-53-58-74(86)90-66-72-76(88)79-73(77(89)78-72)67-91-75(87)59-61-81(64-70(84)56-51-47-43-39-35-31-27-23-19-15-11-7-3)65-71(85)57-52-48-44-40-36-32-28-24-20-16-12-8-4/h68-73,82-85H,5-67H2,1-4H3,(H,78,89)(H,79,88). The van der Waals surface area contributed by atoms with Crippen molar-refractivity contribution in [2.24, 2.45) is 0 Å². The van der Waals surface area contributed by atoms with Gasteiger partial charge in [0.05, 0.1) is 24.4 Å². The molecule has 14 heteroatoms. The van der Waals surface area contributed by atoms with Crippen LogP contribution in [0.1, 0.15) is 381 Å². The number of hydrogen-bond donors (Lipinski definition) is 6. The molecular formula is C77H150N4O8S2. The van der Waals surface area contributed by atoms with Crippen molar-refractivity contribution in [1.29, 1.82) is 0 Å². The van der Waals surface area contributed by atoms with Gasteiger partial charge in [0, 0.05) is 57.1 Å². The molecule has 1 saturated heterocycles. The first kappa shape index (κ1) is 87.8. The van der Waals surface area contributed by atoms with Gasteiger partial charge in [0.2, 0.25) is 11.8 Å². The van der Waals surface area contributed by atoms with Gasteiger partial charge >= 0.3 is 0 Å². The van der Waals surface area contributed by atoms with E-state index in [-0.39, 0.29) is 46.4 Å². The number of hydrogen-bond acceptors (Lipinski definition) is 12. The number of thioether (sulfide) groups is 2. The van der Waals surface area contributed by atoms with E-state index in [1.165, 1.54) is 257 Å². The molecule has 0 bridgehead atoms. The molecule has 91 heavy (non-hydrogen) atoms. The van der Waals surface area contributed by atoms with E-state index in [0.717, 1.165) is 87.7 Å². The van der Waals surface area contributed by atoms with Crippen LogP contribution >= 0.6 is 23.5 Å². The van der Waals surface area contributed by atoms with Gasteiger partial charge in [-0.3, -0.25) is 29.0 Å². The summed E-state index contributed by atoms with van der Waals surface area (Å²) in [5.74, 6) is -0.539. The number of piperazine rings is 1. The summed E-state index contributed by atoms with van der Waals surface area (Å²) in [6, 6.07) is -1.74. The van der Waals surface area contributed by atoms with Crippen molar-refractivity contribution < 1.29 is 39.6 Å². The molecule has 6 N–H and O–H groups in total. The van der Waals surface area contributed by atoms with Crippen molar-refractivity contribution in [2.75, 3.05) is 50.8 Å². The molecule has 0 spiro atoms. The molecule has 12 nitrogen and oxygen atoms in total. The van der Waals surface area contributed by atoms with Crippen molar-refractivity contribution in [3.63, 3.8) is 0 Å². The Morgan fingerprint density at radius 1 is 0.319 bits per heavy atom. The van der Waals surface area contributed by atoms with Gasteiger partial charge < -0.3 is 31.1 Å². The van der Waals surface area contributed by atoms with E-state index in [2.05, 4.69) is 43.2 Å². The topological polar surface area (TPSA) is 180 Å². The highest BCUT2D eigenvalue weighted by atomic mass is 32.2. The number of carbonyl (C=O) groups is 4. The largest absolute Gasteiger partial charge is 0.392 e. The van der Waals surface area contributed by atoms with Crippen LogP contribution in [0.5, 0.6) is 0 Å². The third-order valence-electron chi connectivity index (χ3n) is 19.0. The lowest BCUT2D eigenvalue weighted by Gasteiger charge is -2.29.